The van der Waals surface area contributed by atoms with Crippen LogP contribution in [0.4, 0.5) is 0 Å². The number of carbonyl (C=O) groups is 1. The number of likely N-dealkylation sites (N-methyl/N-ethyl adjacent to an activating group) is 1. The normalized spacial score (nSPS) is 27.1. The summed E-state index contributed by atoms with van der Waals surface area (Å²) in [6, 6.07) is 0.116. The van der Waals surface area contributed by atoms with Gasteiger partial charge in [0.05, 0.1) is 12.0 Å². The zero-order valence-corrected chi connectivity index (χ0v) is 9.19. The number of hydrogen-bond acceptors (Lipinski definition) is 3. The highest BCUT2D eigenvalue weighted by Crippen LogP contribution is 2.35. The first-order valence-electron chi connectivity index (χ1n) is 5.20. The number of carbonyl (C=O) groups excluding carboxylic acids is 1. The van der Waals surface area contributed by atoms with Gasteiger partial charge in [-0.1, -0.05) is 0 Å². The monoisotopic (exact) mass is 200 g/mol. The lowest BCUT2D eigenvalue weighted by atomic mass is 10.2. The SMILES string of the molecule is CCOC1CC1C(=O)N(C)C(C)CN. The average molecular weight is 200 g/mol. The third-order valence-corrected chi connectivity index (χ3v) is 2.78. The van der Waals surface area contributed by atoms with Gasteiger partial charge in [-0.05, 0) is 20.3 Å². The molecule has 0 heterocycles. The van der Waals surface area contributed by atoms with Crippen LogP contribution in [0.25, 0.3) is 0 Å². The summed E-state index contributed by atoms with van der Waals surface area (Å²) >= 11 is 0. The number of amides is 1. The molecule has 0 aromatic carbocycles. The highest BCUT2D eigenvalue weighted by Gasteiger charge is 2.45. The third-order valence-electron chi connectivity index (χ3n) is 2.78. The molecule has 1 aliphatic carbocycles. The first kappa shape index (κ1) is 11.5. The minimum Gasteiger partial charge on any atom is -0.378 e. The number of nitrogens with zero attached hydrogens (tertiary/aromatic N) is 1. The Balaban J connectivity index is 2.36. The Morgan fingerprint density at radius 2 is 2.36 bits per heavy atom. The van der Waals surface area contributed by atoms with Crippen LogP contribution in [0, 0.1) is 5.92 Å². The van der Waals surface area contributed by atoms with E-state index in [1.165, 1.54) is 0 Å². The van der Waals surface area contributed by atoms with E-state index in [1.807, 2.05) is 13.8 Å². The summed E-state index contributed by atoms with van der Waals surface area (Å²) in [6.45, 7) is 5.10. The molecular formula is C10H20N2O2. The van der Waals surface area contributed by atoms with Crippen LogP contribution < -0.4 is 5.73 Å². The molecule has 0 spiro atoms. The summed E-state index contributed by atoms with van der Waals surface area (Å²) in [5.74, 6) is 0.246. The second-order valence-corrected chi connectivity index (χ2v) is 3.87. The Bertz CT molecular complexity index is 208. The van der Waals surface area contributed by atoms with Gasteiger partial charge in [-0.15, -0.1) is 0 Å². The van der Waals surface area contributed by atoms with Crippen molar-refractivity contribution >= 4 is 5.91 Å². The fourth-order valence-electron chi connectivity index (χ4n) is 1.47. The van der Waals surface area contributed by atoms with Gasteiger partial charge in [-0.2, -0.15) is 0 Å². The number of nitrogens with two attached hydrogens (primary N) is 1. The van der Waals surface area contributed by atoms with Crippen molar-refractivity contribution in [1.29, 1.82) is 0 Å². The van der Waals surface area contributed by atoms with Crippen molar-refractivity contribution in [1.82, 2.24) is 4.90 Å². The Labute approximate surface area is 85.4 Å². The zero-order chi connectivity index (χ0) is 10.7. The highest BCUT2D eigenvalue weighted by molar-refractivity contribution is 5.82. The van der Waals surface area contributed by atoms with E-state index >= 15 is 0 Å². The molecule has 1 fully saturated rings. The molecule has 4 heteroatoms. The van der Waals surface area contributed by atoms with Gasteiger partial charge in [0.15, 0.2) is 0 Å². The van der Waals surface area contributed by atoms with E-state index in [2.05, 4.69) is 0 Å². The van der Waals surface area contributed by atoms with Crippen molar-refractivity contribution in [3.05, 3.63) is 0 Å². The first-order valence-corrected chi connectivity index (χ1v) is 5.20. The molecule has 0 aromatic heterocycles. The second kappa shape index (κ2) is 4.75. The van der Waals surface area contributed by atoms with Gasteiger partial charge in [0, 0.05) is 26.2 Å². The van der Waals surface area contributed by atoms with Gasteiger partial charge in [0.1, 0.15) is 0 Å². The number of ether oxygens (including phenoxy) is 1. The molecule has 82 valence electrons. The van der Waals surface area contributed by atoms with Gasteiger partial charge in [0.2, 0.25) is 5.91 Å². The summed E-state index contributed by atoms with van der Waals surface area (Å²) in [7, 11) is 1.81. The fourth-order valence-corrected chi connectivity index (χ4v) is 1.47. The number of hydrogen-bond donors (Lipinski definition) is 1. The van der Waals surface area contributed by atoms with Crippen molar-refractivity contribution in [2.24, 2.45) is 11.7 Å². The molecule has 1 aliphatic rings. The van der Waals surface area contributed by atoms with E-state index in [0.717, 1.165) is 6.42 Å². The summed E-state index contributed by atoms with van der Waals surface area (Å²) in [5.41, 5.74) is 5.50. The summed E-state index contributed by atoms with van der Waals surface area (Å²) in [5, 5.41) is 0. The molecule has 4 nitrogen and oxygen atoms in total. The van der Waals surface area contributed by atoms with Crippen LogP contribution in [0.1, 0.15) is 20.3 Å². The minimum atomic E-state index is 0.0777. The summed E-state index contributed by atoms with van der Waals surface area (Å²) in [6.07, 6.45) is 1.02. The molecule has 0 radical (unpaired) electrons. The van der Waals surface area contributed by atoms with Gasteiger partial charge >= 0.3 is 0 Å². The lowest BCUT2D eigenvalue weighted by Crippen LogP contribution is -2.41. The smallest absolute Gasteiger partial charge is 0.228 e. The molecule has 3 atom stereocenters. The van der Waals surface area contributed by atoms with Gasteiger partial charge in [-0.3, -0.25) is 4.79 Å². The van der Waals surface area contributed by atoms with Crippen molar-refractivity contribution in [2.45, 2.75) is 32.4 Å². The van der Waals surface area contributed by atoms with E-state index in [1.54, 1.807) is 11.9 Å². The quantitative estimate of drug-likeness (QED) is 0.690. The van der Waals surface area contributed by atoms with Crippen molar-refractivity contribution in [3.8, 4) is 0 Å². The minimum absolute atomic E-state index is 0.0777. The molecule has 0 saturated heterocycles. The molecule has 14 heavy (non-hydrogen) atoms. The Morgan fingerprint density at radius 3 is 2.86 bits per heavy atom. The van der Waals surface area contributed by atoms with Crippen LogP contribution in [-0.4, -0.2) is 43.2 Å². The van der Waals surface area contributed by atoms with E-state index in [9.17, 15) is 4.79 Å². The van der Waals surface area contributed by atoms with Crippen LogP contribution in [-0.2, 0) is 9.53 Å². The molecule has 0 aliphatic heterocycles. The second-order valence-electron chi connectivity index (χ2n) is 3.87. The standard InChI is InChI=1S/C10H20N2O2/c1-4-14-9-5-8(9)10(13)12(3)7(2)6-11/h7-9H,4-6,11H2,1-3H3. The maximum absolute atomic E-state index is 11.8. The largest absolute Gasteiger partial charge is 0.378 e. The molecule has 3 unspecified atom stereocenters. The highest BCUT2D eigenvalue weighted by atomic mass is 16.5. The Hall–Kier alpha value is -0.610. The number of rotatable bonds is 5. The molecular weight excluding hydrogens is 180 g/mol. The molecule has 0 aromatic rings. The third kappa shape index (κ3) is 2.45. The predicted molar refractivity (Wildman–Crippen MR) is 54.8 cm³/mol. The molecule has 1 rings (SSSR count). The molecule has 1 amide bonds. The van der Waals surface area contributed by atoms with E-state index in [0.29, 0.717) is 13.2 Å². The summed E-state index contributed by atoms with van der Waals surface area (Å²) in [4.78, 5) is 13.5. The van der Waals surface area contributed by atoms with Gasteiger partial charge in [0.25, 0.3) is 0 Å². The topological polar surface area (TPSA) is 55.6 Å². The van der Waals surface area contributed by atoms with Crippen molar-refractivity contribution < 1.29 is 9.53 Å². The molecule has 2 N–H and O–H groups in total. The average Bonchev–Trinajstić information content (AvgIpc) is 2.94. The molecule has 1 saturated carbocycles. The van der Waals surface area contributed by atoms with E-state index in [4.69, 9.17) is 10.5 Å². The van der Waals surface area contributed by atoms with Crippen LogP contribution in [0.15, 0.2) is 0 Å². The first-order chi connectivity index (χ1) is 6.61. The zero-order valence-electron chi connectivity index (χ0n) is 9.19. The van der Waals surface area contributed by atoms with Crippen molar-refractivity contribution in [3.63, 3.8) is 0 Å². The summed E-state index contributed by atoms with van der Waals surface area (Å²) < 4.78 is 5.37. The van der Waals surface area contributed by atoms with Crippen LogP contribution in [0.2, 0.25) is 0 Å². The Kier molecular flexibility index (Phi) is 3.89. The van der Waals surface area contributed by atoms with Crippen LogP contribution in [0.3, 0.4) is 0 Å². The van der Waals surface area contributed by atoms with Gasteiger partial charge in [-0.25, -0.2) is 0 Å². The maximum Gasteiger partial charge on any atom is 0.228 e. The van der Waals surface area contributed by atoms with E-state index in [-0.39, 0.29) is 24.0 Å². The van der Waals surface area contributed by atoms with Gasteiger partial charge < -0.3 is 15.4 Å². The lowest BCUT2D eigenvalue weighted by Gasteiger charge is -2.23. The van der Waals surface area contributed by atoms with E-state index < -0.39 is 0 Å². The Morgan fingerprint density at radius 1 is 1.71 bits per heavy atom. The molecule has 0 bridgehead atoms. The van der Waals surface area contributed by atoms with Crippen LogP contribution >= 0.6 is 0 Å². The fraction of sp³-hybridized carbons (Fsp3) is 0.900. The van der Waals surface area contributed by atoms with Crippen LogP contribution in [0.5, 0.6) is 0 Å². The lowest BCUT2D eigenvalue weighted by molar-refractivity contribution is -0.133. The van der Waals surface area contributed by atoms with Crippen molar-refractivity contribution in [2.75, 3.05) is 20.2 Å². The predicted octanol–water partition coefficient (Wildman–Crippen LogP) is 0.217. The maximum atomic E-state index is 11.8.